The van der Waals surface area contributed by atoms with Gasteiger partial charge in [0, 0.05) is 49.6 Å². The van der Waals surface area contributed by atoms with Crippen molar-refractivity contribution in [2.24, 2.45) is 0 Å². The first-order chi connectivity index (χ1) is 31.7. The molecule has 0 spiro atoms. The Balaban J connectivity index is 1.13. The molecule has 4 nitrogen and oxygen atoms in total. The molecule has 3 aromatic heterocycles. The predicted octanol–water partition coefficient (Wildman–Crippen LogP) is 15.6. The van der Waals surface area contributed by atoms with E-state index in [9.17, 15) is 0 Å². The summed E-state index contributed by atoms with van der Waals surface area (Å²) in [4.78, 5) is 10.7. The topological polar surface area (TPSA) is 35.6 Å². The lowest BCUT2D eigenvalue weighted by Crippen LogP contribution is -2.02. The third-order valence-electron chi connectivity index (χ3n) is 12.9. The Kier molecular flexibility index (Phi) is 8.18. The summed E-state index contributed by atoms with van der Waals surface area (Å²) in [5.41, 5.74) is 13.7. The number of fused-ring (bicyclic) bond motifs is 10. The highest BCUT2D eigenvalue weighted by Gasteiger charge is 2.21. The van der Waals surface area contributed by atoms with E-state index in [1.807, 2.05) is 6.07 Å². The Labute approximate surface area is 369 Å². The number of benzene rings is 10. The fourth-order valence-electron chi connectivity index (χ4n) is 9.98. The first-order valence-corrected chi connectivity index (χ1v) is 21.8. The number of nitrogens with zero attached hydrogens (tertiary/aromatic N) is 4. The van der Waals surface area contributed by atoms with Crippen molar-refractivity contribution >= 4 is 65.2 Å². The van der Waals surface area contributed by atoms with Crippen LogP contribution in [0.4, 0.5) is 0 Å². The summed E-state index contributed by atoms with van der Waals surface area (Å²) >= 11 is 0. The summed E-state index contributed by atoms with van der Waals surface area (Å²) in [5, 5.41) is 9.87. The zero-order valence-corrected chi connectivity index (χ0v) is 34.7. The standard InChI is InChI=1S/C60H38N4/c1-3-16-39(17-4-1)43-22-15-23-44(34-43)52-38-53(62-60(61-52)42-20-5-2-6-21-42)45-35-46(63-54-28-13-11-26-50(54)58-48-24-9-7-18-40(48)30-32-56(58)63)37-47(36-45)64-55-29-14-12-27-51(55)59-49-25-10-8-19-41(49)31-33-57(59)64/h1-38H. The molecule has 3 heterocycles. The van der Waals surface area contributed by atoms with Crippen LogP contribution in [-0.2, 0) is 0 Å². The molecule has 64 heavy (non-hydrogen) atoms. The van der Waals surface area contributed by atoms with Gasteiger partial charge < -0.3 is 9.13 Å². The van der Waals surface area contributed by atoms with Gasteiger partial charge >= 0.3 is 0 Å². The van der Waals surface area contributed by atoms with E-state index < -0.39 is 0 Å². The second-order valence-electron chi connectivity index (χ2n) is 16.6. The van der Waals surface area contributed by atoms with Crippen LogP contribution in [-0.4, -0.2) is 19.1 Å². The summed E-state index contributed by atoms with van der Waals surface area (Å²) in [6, 6.07) is 82.8. The van der Waals surface area contributed by atoms with E-state index in [2.05, 4.69) is 234 Å². The van der Waals surface area contributed by atoms with Crippen molar-refractivity contribution in [1.29, 1.82) is 0 Å². The van der Waals surface area contributed by atoms with E-state index in [0.29, 0.717) is 5.82 Å². The van der Waals surface area contributed by atoms with Gasteiger partial charge in [0.15, 0.2) is 5.82 Å². The van der Waals surface area contributed by atoms with Crippen molar-refractivity contribution < 1.29 is 0 Å². The molecule has 0 N–H and O–H groups in total. The summed E-state index contributed by atoms with van der Waals surface area (Å²) in [6.07, 6.45) is 0. The fraction of sp³-hybridized carbons (Fsp3) is 0. The van der Waals surface area contributed by atoms with Crippen molar-refractivity contribution in [1.82, 2.24) is 19.1 Å². The molecule has 10 aromatic carbocycles. The van der Waals surface area contributed by atoms with Crippen LogP contribution in [0, 0.1) is 0 Å². The number of hydrogen-bond acceptors (Lipinski definition) is 2. The van der Waals surface area contributed by atoms with Crippen LogP contribution in [0.5, 0.6) is 0 Å². The van der Waals surface area contributed by atoms with Crippen LogP contribution in [0.2, 0.25) is 0 Å². The van der Waals surface area contributed by atoms with Crippen molar-refractivity contribution in [3.63, 3.8) is 0 Å². The third-order valence-corrected chi connectivity index (χ3v) is 12.9. The third kappa shape index (κ3) is 5.77. The Morgan fingerprint density at radius 3 is 1.30 bits per heavy atom. The molecule has 0 atom stereocenters. The minimum absolute atomic E-state index is 0.678. The molecule has 0 saturated carbocycles. The molecule has 0 aliphatic rings. The minimum atomic E-state index is 0.678. The average molecular weight is 815 g/mol. The highest BCUT2D eigenvalue weighted by molar-refractivity contribution is 6.22. The number of hydrogen-bond donors (Lipinski definition) is 0. The lowest BCUT2D eigenvalue weighted by molar-refractivity contribution is 1.13. The summed E-state index contributed by atoms with van der Waals surface area (Å²) in [7, 11) is 0. The molecule has 298 valence electrons. The van der Waals surface area contributed by atoms with Gasteiger partial charge in [0.2, 0.25) is 0 Å². The van der Waals surface area contributed by atoms with Gasteiger partial charge in [0.1, 0.15) is 0 Å². The van der Waals surface area contributed by atoms with E-state index in [1.165, 1.54) is 43.1 Å². The van der Waals surface area contributed by atoms with Gasteiger partial charge in [-0.2, -0.15) is 0 Å². The molecule has 4 heteroatoms. The molecule has 0 fully saturated rings. The van der Waals surface area contributed by atoms with Gasteiger partial charge in [-0.1, -0.05) is 176 Å². The smallest absolute Gasteiger partial charge is 0.160 e. The Hall–Kier alpha value is -8.60. The summed E-state index contributed by atoms with van der Waals surface area (Å²) < 4.78 is 4.88. The maximum atomic E-state index is 5.43. The molecule has 0 aliphatic carbocycles. The molecule has 0 saturated heterocycles. The lowest BCUT2D eigenvalue weighted by atomic mass is 10.0. The zero-order chi connectivity index (χ0) is 42.1. The van der Waals surface area contributed by atoms with Gasteiger partial charge in [-0.25, -0.2) is 9.97 Å². The van der Waals surface area contributed by atoms with Crippen LogP contribution in [0.25, 0.3) is 122 Å². The monoisotopic (exact) mass is 814 g/mol. The maximum Gasteiger partial charge on any atom is 0.160 e. The van der Waals surface area contributed by atoms with E-state index in [4.69, 9.17) is 9.97 Å². The van der Waals surface area contributed by atoms with E-state index in [-0.39, 0.29) is 0 Å². The van der Waals surface area contributed by atoms with Gasteiger partial charge in [-0.15, -0.1) is 0 Å². The minimum Gasteiger partial charge on any atom is -0.309 e. The van der Waals surface area contributed by atoms with Gasteiger partial charge in [0.25, 0.3) is 0 Å². The lowest BCUT2D eigenvalue weighted by Gasteiger charge is -2.17. The molecular weight excluding hydrogens is 777 g/mol. The van der Waals surface area contributed by atoms with Gasteiger partial charge in [-0.3, -0.25) is 0 Å². The van der Waals surface area contributed by atoms with Crippen molar-refractivity contribution in [2.75, 3.05) is 0 Å². The van der Waals surface area contributed by atoms with E-state index in [1.54, 1.807) is 0 Å². The van der Waals surface area contributed by atoms with Crippen LogP contribution in [0.3, 0.4) is 0 Å². The zero-order valence-electron chi connectivity index (χ0n) is 34.7. The fourth-order valence-corrected chi connectivity index (χ4v) is 9.98. The number of aromatic nitrogens is 4. The SMILES string of the molecule is c1ccc(-c2cccc(-c3cc(-c4cc(-n5c6ccccc6c6c7ccccc7ccc65)cc(-n5c6ccccc6c6c7ccccc7ccc65)c4)nc(-c4ccccc4)n3)c2)cc1. The van der Waals surface area contributed by atoms with E-state index >= 15 is 0 Å². The first kappa shape index (κ1) is 36.1. The summed E-state index contributed by atoms with van der Waals surface area (Å²) in [5.74, 6) is 0.678. The molecule has 0 unspecified atom stereocenters. The highest BCUT2D eigenvalue weighted by atomic mass is 15.0. The normalized spacial score (nSPS) is 11.8. The molecule has 0 amide bonds. The Morgan fingerprint density at radius 2 is 0.719 bits per heavy atom. The predicted molar refractivity (Wildman–Crippen MR) is 267 cm³/mol. The molecule has 13 aromatic rings. The van der Waals surface area contributed by atoms with Crippen molar-refractivity contribution in [3.05, 3.63) is 231 Å². The van der Waals surface area contributed by atoms with E-state index in [0.717, 1.165) is 72.6 Å². The Bertz CT molecular complexity index is 3780. The number of rotatable bonds is 6. The summed E-state index contributed by atoms with van der Waals surface area (Å²) in [6.45, 7) is 0. The van der Waals surface area contributed by atoms with Crippen LogP contribution >= 0.6 is 0 Å². The van der Waals surface area contributed by atoms with Crippen LogP contribution in [0.15, 0.2) is 231 Å². The molecule has 0 bridgehead atoms. The second-order valence-corrected chi connectivity index (χ2v) is 16.6. The van der Waals surface area contributed by atoms with Gasteiger partial charge in [0.05, 0.1) is 33.5 Å². The largest absolute Gasteiger partial charge is 0.309 e. The second kappa shape index (κ2) is 14.5. The Morgan fingerprint density at radius 1 is 0.266 bits per heavy atom. The van der Waals surface area contributed by atoms with Gasteiger partial charge in [-0.05, 0) is 87.3 Å². The average Bonchev–Trinajstić information content (AvgIpc) is 3.90. The molecule has 0 radical (unpaired) electrons. The van der Waals surface area contributed by atoms with Crippen molar-refractivity contribution in [3.8, 4) is 56.4 Å². The molecule has 0 aliphatic heterocycles. The number of para-hydroxylation sites is 2. The van der Waals surface area contributed by atoms with Crippen LogP contribution in [0.1, 0.15) is 0 Å². The highest BCUT2D eigenvalue weighted by Crippen LogP contribution is 2.42. The van der Waals surface area contributed by atoms with Crippen LogP contribution < -0.4 is 0 Å². The molecule has 13 rings (SSSR count). The quantitative estimate of drug-likeness (QED) is 0.168. The first-order valence-electron chi connectivity index (χ1n) is 21.8. The molecular formula is C60H38N4. The maximum absolute atomic E-state index is 5.43. The van der Waals surface area contributed by atoms with Crippen molar-refractivity contribution in [2.45, 2.75) is 0 Å².